The zero-order valence-corrected chi connectivity index (χ0v) is 34.7. The topological polar surface area (TPSA) is 26.3 Å². The van der Waals surface area contributed by atoms with Gasteiger partial charge in [-0.05, 0) is 168 Å². The fraction of sp³-hybridized carbons (Fsp3) is 0.103. The van der Waals surface area contributed by atoms with Gasteiger partial charge in [0.25, 0.3) is 0 Å². The molecule has 0 spiro atoms. The van der Waals surface area contributed by atoms with Gasteiger partial charge in [-0.25, -0.2) is 0 Å². The van der Waals surface area contributed by atoms with Gasteiger partial charge in [0.15, 0.2) is 0 Å². The summed E-state index contributed by atoms with van der Waals surface area (Å²) in [6, 6.07) is 53.8. The van der Waals surface area contributed by atoms with Gasteiger partial charge in [0, 0.05) is 43.1 Å². The van der Waals surface area contributed by atoms with Crippen LogP contribution in [-0.2, 0) is 0 Å². The summed E-state index contributed by atoms with van der Waals surface area (Å²) in [6.45, 7) is 13.2. The number of rotatable bonds is 4. The summed E-state index contributed by atoms with van der Waals surface area (Å²) in [5.41, 5.74) is 20.7. The molecule has 0 unspecified atom stereocenters. The summed E-state index contributed by atoms with van der Waals surface area (Å²) in [7, 11) is 0. The van der Waals surface area contributed by atoms with E-state index in [1.54, 1.807) is 0 Å². The first-order valence-electron chi connectivity index (χ1n) is 21.0. The van der Waals surface area contributed by atoms with Crippen LogP contribution in [0.4, 0.5) is 0 Å². The Labute approximate surface area is 348 Å². The molecule has 2 aromatic heterocycles. The van der Waals surface area contributed by atoms with E-state index in [0.29, 0.717) is 0 Å². The summed E-state index contributed by atoms with van der Waals surface area (Å²) < 4.78 is 14.2. The molecule has 0 saturated heterocycles. The van der Waals surface area contributed by atoms with E-state index in [1.165, 1.54) is 88.3 Å². The van der Waals surface area contributed by atoms with Gasteiger partial charge in [-0.1, -0.05) is 108 Å². The predicted molar refractivity (Wildman–Crippen MR) is 255 cm³/mol. The first kappa shape index (κ1) is 34.8. The Morgan fingerprint density at radius 1 is 0.300 bits per heavy atom. The van der Waals surface area contributed by atoms with Crippen molar-refractivity contribution in [2.24, 2.45) is 0 Å². The van der Waals surface area contributed by atoms with Crippen molar-refractivity contribution >= 4 is 76.2 Å². The van der Waals surface area contributed by atoms with Crippen LogP contribution in [0.15, 0.2) is 154 Å². The molecule has 2 nitrogen and oxygen atoms in total. The molecule has 12 aromatic rings. The van der Waals surface area contributed by atoms with Crippen LogP contribution in [0.2, 0.25) is 0 Å². The lowest BCUT2D eigenvalue weighted by Gasteiger charge is -2.21. The van der Waals surface area contributed by atoms with Gasteiger partial charge in [-0.15, -0.1) is 0 Å². The smallest absolute Gasteiger partial charge is 0.143 e. The quantitative estimate of drug-likeness (QED) is 0.167. The molecule has 12 rings (SSSR count). The summed E-state index contributed by atoms with van der Waals surface area (Å²) in [5.74, 6) is 0. The van der Waals surface area contributed by atoms with Crippen molar-refractivity contribution in [3.05, 3.63) is 179 Å². The molecule has 10 aromatic carbocycles. The van der Waals surface area contributed by atoms with E-state index in [0.717, 1.165) is 65.8 Å². The van der Waals surface area contributed by atoms with Crippen molar-refractivity contribution in [1.29, 1.82) is 0 Å². The third-order valence-corrected chi connectivity index (χ3v) is 13.2. The summed E-state index contributed by atoms with van der Waals surface area (Å²) in [6.07, 6.45) is 0. The molecule has 0 radical (unpaired) electrons. The minimum absolute atomic E-state index is 0.894. The maximum absolute atomic E-state index is 7.12. The zero-order valence-electron chi connectivity index (χ0n) is 34.7. The minimum Gasteiger partial charge on any atom is -0.455 e. The van der Waals surface area contributed by atoms with Gasteiger partial charge in [0.05, 0.1) is 0 Å². The molecule has 2 heterocycles. The van der Waals surface area contributed by atoms with E-state index in [1.807, 2.05) is 0 Å². The van der Waals surface area contributed by atoms with Crippen LogP contribution in [0.5, 0.6) is 0 Å². The molecule has 0 amide bonds. The monoisotopic (exact) mass is 770 g/mol. The lowest BCUT2D eigenvalue weighted by molar-refractivity contribution is 0.672. The highest BCUT2D eigenvalue weighted by atomic mass is 16.3. The first-order chi connectivity index (χ1) is 29.2. The Balaban J connectivity index is 1.28. The molecule has 0 saturated carbocycles. The van der Waals surface area contributed by atoms with Crippen molar-refractivity contribution in [2.75, 3.05) is 0 Å². The molecular weight excluding hydrogens is 729 g/mol. The molecule has 60 heavy (non-hydrogen) atoms. The standard InChI is InChI=1S/C58H42O2/c1-31-11-7-17-37(23-31)39-19-21-41-47-27-45-44(54-35(5)15-10-16-36(54)6)30-50-56-46(28-48-42-22-20-40(26-52(42)60-58(48)50)38-18-8-12-32(2)24-38)43(53-33(3)13-9-14-34(53)4)29-49(55(45)56)57(47)59-51(41)25-39/h7-30H,1-6H3. The van der Waals surface area contributed by atoms with Gasteiger partial charge in [-0.3, -0.25) is 0 Å². The van der Waals surface area contributed by atoms with Crippen LogP contribution < -0.4 is 0 Å². The number of fused-ring (bicyclic) bond motifs is 8. The van der Waals surface area contributed by atoms with Crippen LogP contribution in [0.1, 0.15) is 33.4 Å². The van der Waals surface area contributed by atoms with E-state index < -0.39 is 0 Å². The molecule has 0 atom stereocenters. The molecule has 0 N–H and O–H groups in total. The largest absolute Gasteiger partial charge is 0.455 e. The number of hydrogen-bond acceptors (Lipinski definition) is 2. The van der Waals surface area contributed by atoms with Crippen molar-refractivity contribution < 1.29 is 8.83 Å². The van der Waals surface area contributed by atoms with Crippen molar-refractivity contribution in [3.63, 3.8) is 0 Å². The molecule has 0 fully saturated rings. The van der Waals surface area contributed by atoms with E-state index >= 15 is 0 Å². The van der Waals surface area contributed by atoms with Crippen LogP contribution >= 0.6 is 0 Å². The van der Waals surface area contributed by atoms with Gasteiger partial charge >= 0.3 is 0 Å². The molecule has 0 aliphatic rings. The first-order valence-corrected chi connectivity index (χ1v) is 21.0. The van der Waals surface area contributed by atoms with Gasteiger partial charge in [-0.2, -0.15) is 0 Å². The van der Waals surface area contributed by atoms with E-state index in [2.05, 4.69) is 187 Å². The SMILES string of the molecule is Cc1cccc(-c2ccc3c(c2)oc2c3cc3c(-c4c(C)cccc4C)cc4c5oc6cc(-c7cccc(C)c7)ccc6c5cc5c(-c6c(C)cccc6C)cc2c3c54)c1. The highest BCUT2D eigenvalue weighted by Gasteiger charge is 2.26. The Kier molecular flexibility index (Phi) is 7.36. The summed E-state index contributed by atoms with van der Waals surface area (Å²) in [4.78, 5) is 0. The van der Waals surface area contributed by atoms with Crippen molar-refractivity contribution in [2.45, 2.75) is 41.5 Å². The fourth-order valence-electron chi connectivity index (χ4n) is 10.5. The number of aryl methyl sites for hydroxylation is 6. The second kappa shape index (κ2) is 12.7. The van der Waals surface area contributed by atoms with Gasteiger partial charge < -0.3 is 8.83 Å². The molecule has 0 aliphatic carbocycles. The number of benzene rings is 10. The van der Waals surface area contributed by atoms with E-state index in [9.17, 15) is 0 Å². The molecule has 2 heteroatoms. The minimum atomic E-state index is 0.894. The Morgan fingerprint density at radius 3 is 1.08 bits per heavy atom. The Bertz CT molecular complexity index is 3490. The van der Waals surface area contributed by atoms with Crippen molar-refractivity contribution in [3.8, 4) is 44.5 Å². The average molecular weight is 771 g/mol. The molecule has 286 valence electrons. The third kappa shape index (κ3) is 5.01. The fourth-order valence-corrected chi connectivity index (χ4v) is 10.5. The van der Waals surface area contributed by atoms with E-state index in [-0.39, 0.29) is 0 Å². The summed E-state index contributed by atoms with van der Waals surface area (Å²) in [5, 5.41) is 11.6. The predicted octanol–water partition coefficient (Wildman–Crippen LogP) is 16.9. The molecule has 0 bridgehead atoms. The lowest BCUT2D eigenvalue weighted by atomic mass is 9.81. The van der Waals surface area contributed by atoms with Crippen LogP contribution in [0.3, 0.4) is 0 Å². The lowest BCUT2D eigenvalue weighted by Crippen LogP contribution is -1.96. The van der Waals surface area contributed by atoms with Gasteiger partial charge in [0.2, 0.25) is 0 Å². The number of hydrogen-bond donors (Lipinski definition) is 0. The van der Waals surface area contributed by atoms with Crippen LogP contribution in [-0.4, -0.2) is 0 Å². The molecular formula is C58H42O2. The number of furan rings is 2. The van der Waals surface area contributed by atoms with Gasteiger partial charge in [0.1, 0.15) is 22.3 Å². The van der Waals surface area contributed by atoms with Crippen LogP contribution in [0.25, 0.3) is 121 Å². The second-order valence-corrected chi connectivity index (χ2v) is 17.2. The third-order valence-electron chi connectivity index (χ3n) is 13.2. The highest BCUT2D eigenvalue weighted by molar-refractivity contribution is 6.38. The normalized spacial score (nSPS) is 12.2. The Morgan fingerprint density at radius 2 is 0.683 bits per heavy atom. The highest BCUT2D eigenvalue weighted by Crippen LogP contribution is 2.52. The maximum atomic E-state index is 7.12. The average Bonchev–Trinajstić information content (AvgIpc) is 3.80. The van der Waals surface area contributed by atoms with Crippen molar-refractivity contribution in [1.82, 2.24) is 0 Å². The van der Waals surface area contributed by atoms with E-state index in [4.69, 9.17) is 8.83 Å². The van der Waals surface area contributed by atoms with Crippen LogP contribution in [0, 0.1) is 41.5 Å². The summed E-state index contributed by atoms with van der Waals surface area (Å²) >= 11 is 0. The maximum Gasteiger partial charge on any atom is 0.143 e. The second-order valence-electron chi connectivity index (χ2n) is 17.2. The Hall–Kier alpha value is -7.16. The zero-order chi connectivity index (χ0) is 40.6. The molecule has 0 aliphatic heterocycles.